The molecule has 1 aromatic rings. The summed E-state index contributed by atoms with van der Waals surface area (Å²) in [4.78, 5) is 1.23. The number of hydrogen-bond donors (Lipinski definition) is 2. The third-order valence-electron chi connectivity index (χ3n) is 2.81. The van der Waals surface area contributed by atoms with Gasteiger partial charge >= 0.3 is 0 Å². The minimum absolute atomic E-state index is 0.0595. The molecule has 0 aliphatic heterocycles. The van der Waals surface area contributed by atoms with Crippen LogP contribution in [0.4, 0.5) is 0 Å². The van der Waals surface area contributed by atoms with Gasteiger partial charge in [0.25, 0.3) is 0 Å². The van der Waals surface area contributed by atoms with Crippen LogP contribution in [0.5, 0.6) is 0 Å². The van der Waals surface area contributed by atoms with E-state index >= 15 is 0 Å². The molecule has 5 nitrogen and oxygen atoms in total. The van der Waals surface area contributed by atoms with Crippen LogP contribution in [0.15, 0.2) is 0 Å². The van der Waals surface area contributed by atoms with Crippen LogP contribution in [0, 0.1) is 0 Å². The summed E-state index contributed by atoms with van der Waals surface area (Å²) in [7, 11) is 1.72. The topological polar surface area (TPSA) is 59.1 Å². The summed E-state index contributed by atoms with van der Waals surface area (Å²) in [5.41, 5.74) is 1.16. The zero-order chi connectivity index (χ0) is 14.3. The predicted molar refractivity (Wildman–Crippen MR) is 79.7 cm³/mol. The number of aromatic nitrogens is 2. The first-order chi connectivity index (χ1) is 8.95. The molecule has 0 aliphatic rings. The molecule has 0 aliphatic carbocycles. The summed E-state index contributed by atoms with van der Waals surface area (Å²) >= 11 is 1.49. The van der Waals surface area contributed by atoms with Crippen molar-refractivity contribution in [3.05, 3.63) is 10.6 Å². The standard InChI is InChI=1S/C13H26N4OS/c1-10(8-14-6-7-18-5)15-9-11-12(13(2,3)4)16-17-19-11/h10,14-15H,6-9H2,1-5H3. The number of nitrogens with one attached hydrogen (secondary N) is 2. The maximum Gasteiger partial charge on any atom is 0.0854 e. The predicted octanol–water partition coefficient (Wildman–Crippen LogP) is 1.55. The van der Waals surface area contributed by atoms with Gasteiger partial charge in [-0.1, -0.05) is 25.3 Å². The summed E-state index contributed by atoms with van der Waals surface area (Å²) in [6, 6.07) is 0.409. The molecule has 0 amide bonds. The highest BCUT2D eigenvalue weighted by Gasteiger charge is 2.22. The summed E-state index contributed by atoms with van der Waals surface area (Å²) in [5, 5.41) is 11.1. The molecule has 6 heteroatoms. The molecule has 0 saturated heterocycles. The van der Waals surface area contributed by atoms with Gasteiger partial charge in [0.2, 0.25) is 0 Å². The summed E-state index contributed by atoms with van der Waals surface area (Å²) in [6.45, 7) is 12.1. The largest absolute Gasteiger partial charge is 0.383 e. The molecule has 1 atom stereocenters. The van der Waals surface area contributed by atoms with Gasteiger partial charge in [0.05, 0.1) is 17.2 Å². The van der Waals surface area contributed by atoms with E-state index < -0.39 is 0 Å². The Kier molecular flexibility index (Phi) is 6.85. The van der Waals surface area contributed by atoms with E-state index in [2.05, 4.69) is 47.9 Å². The quantitative estimate of drug-likeness (QED) is 0.710. The molecule has 0 spiro atoms. The fourth-order valence-corrected chi connectivity index (χ4v) is 2.53. The minimum Gasteiger partial charge on any atom is -0.383 e. The summed E-state index contributed by atoms with van der Waals surface area (Å²) in [6.07, 6.45) is 0. The highest BCUT2D eigenvalue weighted by Crippen LogP contribution is 2.25. The van der Waals surface area contributed by atoms with Crippen molar-refractivity contribution in [1.82, 2.24) is 20.2 Å². The summed E-state index contributed by atoms with van der Waals surface area (Å²) in [5.74, 6) is 0. The lowest BCUT2D eigenvalue weighted by atomic mass is 9.91. The molecule has 19 heavy (non-hydrogen) atoms. The van der Waals surface area contributed by atoms with Crippen LogP contribution in [0.1, 0.15) is 38.3 Å². The molecule has 1 unspecified atom stereocenters. The Balaban J connectivity index is 2.34. The molecule has 110 valence electrons. The van der Waals surface area contributed by atoms with Gasteiger partial charge in [-0.05, 0) is 18.5 Å². The third-order valence-corrected chi connectivity index (χ3v) is 3.53. The Hall–Kier alpha value is -0.560. The number of rotatable bonds is 8. The lowest BCUT2D eigenvalue weighted by molar-refractivity contribution is 0.198. The lowest BCUT2D eigenvalue weighted by Crippen LogP contribution is -2.37. The monoisotopic (exact) mass is 286 g/mol. The van der Waals surface area contributed by atoms with E-state index in [-0.39, 0.29) is 5.41 Å². The van der Waals surface area contributed by atoms with Gasteiger partial charge in [0.15, 0.2) is 0 Å². The second-order valence-electron chi connectivity index (χ2n) is 5.77. The number of nitrogens with zero attached hydrogens (tertiary/aromatic N) is 2. The maximum absolute atomic E-state index is 5.00. The molecule has 1 aromatic heterocycles. The van der Waals surface area contributed by atoms with Gasteiger partial charge in [-0.2, -0.15) is 0 Å². The van der Waals surface area contributed by atoms with Crippen molar-refractivity contribution in [2.75, 3.05) is 26.8 Å². The first-order valence-electron chi connectivity index (χ1n) is 6.70. The fraction of sp³-hybridized carbons (Fsp3) is 0.846. The molecule has 0 bridgehead atoms. The second kappa shape index (κ2) is 7.89. The van der Waals surface area contributed by atoms with E-state index in [1.165, 1.54) is 16.4 Å². The molecular weight excluding hydrogens is 260 g/mol. The number of methoxy groups -OCH3 is 1. The highest BCUT2D eigenvalue weighted by molar-refractivity contribution is 7.05. The van der Waals surface area contributed by atoms with Crippen molar-refractivity contribution in [3.8, 4) is 0 Å². The van der Waals surface area contributed by atoms with E-state index in [9.17, 15) is 0 Å². The smallest absolute Gasteiger partial charge is 0.0854 e. The average Bonchev–Trinajstić information content (AvgIpc) is 2.80. The normalized spacial score (nSPS) is 13.7. The van der Waals surface area contributed by atoms with Crippen LogP contribution in [-0.2, 0) is 16.7 Å². The number of ether oxygens (including phenoxy) is 1. The van der Waals surface area contributed by atoms with Crippen molar-refractivity contribution >= 4 is 11.5 Å². The van der Waals surface area contributed by atoms with Crippen molar-refractivity contribution in [2.45, 2.75) is 45.7 Å². The van der Waals surface area contributed by atoms with Crippen molar-refractivity contribution in [1.29, 1.82) is 0 Å². The van der Waals surface area contributed by atoms with E-state index in [4.69, 9.17) is 4.74 Å². The average molecular weight is 286 g/mol. The Morgan fingerprint density at radius 1 is 1.37 bits per heavy atom. The first kappa shape index (κ1) is 16.5. The Morgan fingerprint density at radius 2 is 2.11 bits per heavy atom. The van der Waals surface area contributed by atoms with Crippen LogP contribution in [0.25, 0.3) is 0 Å². The van der Waals surface area contributed by atoms with Gasteiger partial charge in [-0.15, -0.1) is 5.10 Å². The highest BCUT2D eigenvalue weighted by atomic mass is 32.1. The van der Waals surface area contributed by atoms with Crippen LogP contribution in [0.2, 0.25) is 0 Å². The van der Waals surface area contributed by atoms with Crippen molar-refractivity contribution in [3.63, 3.8) is 0 Å². The third kappa shape index (κ3) is 5.95. The van der Waals surface area contributed by atoms with Crippen molar-refractivity contribution < 1.29 is 4.74 Å². The van der Waals surface area contributed by atoms with Crippen LogP contribution in [-0.4, -0.2) is 42.4 Å². The van der Waals surface area contributed by atoms with Crippen molar-refractivity contribution in [2.24, 2.45) is 0 Å². The molecule has 1 heterocycles. The maximum atomic E-state index is 5.00. The molecule has 1 rings (SSSR count). The summed E-state index contributed by atoms with van der Waals surface area (Å²) < 4.78 is 9.07. The SMILES string of the molecule is COCCNCC(C)NCc1snnc1C(C)(C)C. The minimum atomic E-state index is 0.0595. The van der Waals surface area contributed by atoms with Crippen LogP contribution >= 0.6 is 11.5 Å². The molecule has 0 saturated carbocycles. The van der Waals surface area contributed by atoms with Gasteiger partial charge in [-0.3, -0.25) is 0 Å². The Labute approximate surface area is 120 Å². The van der Waals surface area contributed by atoms with E-state index in [1.54, 1.807) is 7.11 Å². The van der Waals surface area contributed by atoms with E-state index in [0.717, 1.165) is 31.9 Å². The Bertz CT molecular complexity index is 362. The van der Waals surface area contributed by atoms with Crippen LogP contribution in [0.3, 0.4) is 0 Å². The van der Waals surface area contributed by atoms with E-state index in [0.29, 0.717) is 6.04 Å². The van der Waals surface area contributed by atoms with Gasteiger partial charge in [0, 0.05) is 38.2 Å². The molecule has 2 N–H and O–H groups in total. The van der Waals surface area contributed by atoms with Gasteiger partial charge in [0.1, 0.15) is 0 Å². The van der Waals surface area contributed by atoms with Crippen LogP contribution < -0.4 is 10.6 Å². The zero-order valence-electron chi connectivity index (χ0n) is 12.6. The Morgan fingerprint density at radius 3 is 2.74 bits per heavy atom. The fourth-order valence-electron chi connectivity index (χ4n) is 1.73. The zero-order valence-corrected chi connectivity index (χ0v) is 13.4. The lowest BCUT2D eigenvalue weighted by Gasteiger charge is -2.18. The second-order valence-corrected chi connectivity index (χ2v) is 6.61. The molecule has 0 radical (unpaired) electrons. The van der Waals surface area contributed by atoms with Gasteiger partial charge < -0.3 is 15.4 Å². The molecule has 0 fully saturated rings. The van der Waals surface area contributed by atoms with Gasteiger partial charge in [-0.25, -0.2) is 0 Å². The van der Waals surface area contributed by atoms with E-state index in [1.807, 2.05) is 0 Å². The molecular formula is C13H26N4OS. The number of hydrogen-bond acceptors (Lipinski definition) is 6. The first-order valence-corrected chi connectivity index (χ1v) is 7.47. The molecule has 0 aromatic carbocycles.